The molecule has 0 saturated heterocycles. The number of nitrogens with zero attached hydrogens (tertiary/aromatic N) is 2. The normalized spacial score (nSPS) is 12.2. The number of hydrogen-bond acceptors (Lipinski definition) is 3. The zero-order chi connectivity index (χ0) is 17.0. The molecule has 0 atom stereocenters. The molecule has 0 aromatic carbocycles. The van der Waals surface area contributed by atoms with Gasteiger partial charge in [-0.2, -0.15) is 0 Å². The number of nitrogens with one attached hydrogen (secondary N) is 2. The van der Waals surface area contributed by atoms with Crippen LogP contribution in [0.4, 0.5) is 0 Å². The first-order valence-corrected chi connectivity index (χ1v) is 8.70. The van der Waals surface area contributed by atoms with Crippen LogP contribution in [0.2, 0.25) is 0 Å². The van der Waals surface area contributed by atoms with E-state index in [9.17, 15) is 0 Å². The Labute approximate surface area is 161 Å². The fourth-order valence-corrected chi connectivity index (χ4v) is 2.40. The Kier molecular flexibility index (Phi) is 16.9. The van der Waals surface area contributed by atoms with Gasteiger partial charge in [0.05, 0.1) is 6.10 Å². The topological polar surface area (TPSA) is 48.9 Å². The summed E-state index contributed by atoms with van der Waals surface area (Å²) in [4.78, 5) is 6.76. The Hall–Kier alpha value is -0.0800. The van der Waals surface area contributed by atoms with Gasteiger partial charge in [0.25, 0.3) is 0 Å². The predicted octanol–water partition coefficient (Wildman–Crippen LogP) is 3.09. The van der Waals surface area contributed by atoms with Gasteiger partial charge >= 0.3 is 0 Å². The van der Waals surface area contributed by atoms with Crippen LogP contribution < -0.4 is 10.6 Å². The highest BCUT2D eigenvalue weighted by Gasteiger charge is 2.12. The second-order valence-corrected chi connectivity index (χ2v) is 6.48. The first-order valence-electron chi connectivity index (χ1n) is 8.70. The SMILES string of the molecule is CN=C(NCCCOC(C)C)NCCCN(C(C)C)C(C)C.I. The van der Waals surface area contributed by atoms with Gasteiger partial charge in [-0.1, -0.05) is 0 Å². The van der Waals surface area contributed by atoms with Crippen LogP contribution in [-0.2, 0) is 4.74 Å². The van der Waals surface area contributed by atoms with Gasteiger partial charge in [0.15, 0.2) is 5.96 Å². The molecule has 0 aromatic rings. The largest absolute Gasteiger partial charge is 0.379 e. The molecule has 0 bridgehead atoms. The van der Waals surface area contributed by atoms with Crippen molar-refractivity contribution < 1.29 is 4.74 Å². The summed E-state index contributed by atoms with van der Waals surface area (Å²) >= 11 is 0. The molecule has 0 heterocycles. The molecular weight excluding hydrogens is 403 g/mol. The maximum absolute atomic E-state index is 5.52. The second-order valence-electron chi connectivity index (χ2n) is 6.48. The van der Waals surface area contributed by atoms with Crippen molar-refractivity contribution in [2.24, 2.45) is 4.99 Å². The van der Waals surface area contributed by atoms with Gasteiger partial charge in [-0.3, -0.25) is 9.89 Å². The van der Waals surface area contributed by atoms with E-state index in [0.717, 1.165) is 45.0 Å². The molecule has 0 aliphatic carbocycles. The van der Waals surface area contributed by atoms with Crippen molar-refractivity contribution in [3.63, 3.8) is 0 Å². The van der Waals surface area contributed by atoms with Crippen LogP contribution in [0.5, 0.6) is 0 Å². The van der Waals surface area contributed by atoms with Crippen molar-refractivity contribution in [2.45, 2.75) is 72.6 Å². The Balaban J connectivity index is 0. The van der Waals surface area contributed by atoms with E-state index >= 15 is 0 Å². The maximum Gasteiger partial charge on any atom is 0.190 e. The molecule has 0 rings (SSSR count). The van der Waals surface area contributed by atoms with E-state index in [1.807, 2.05) is 7.05 Å². The standard InChI is InChI=1S/C17H38N4O.HI/c1-14(2)21(15(3)4)12-8-10-19-17(18-7)20-11-9-13-22-16(5)6;/h14-16H,8-13H2,1-7H3,(H2,18,19,20);1H. The second kappa shape index (κ2) is 15.4. The predicted molar refractivity (Wildman–Crippen MR) is 112 cm³/mol. The Morgan fingerprint density at radius 1 is 0.957 bits per heavy atom. The zero-order valence-electron chi connectivity index (χ0n) is 16.2. The van der Waals surface area contributed by atoms with Gasteiger partial charge in [-0.05, 0) is 54.4 Å². The van der Waals surface area contributed by atoms with Gasteiger partial charge in [0.1, 0.15) is 0 Å². The van der Waals surface area contributed by atoms with E-state index in [1.54, 1.807) is 0 Å². The van der Waals surface area contributed by atoms with Crippen molar-refractivity contribution in [1.29, 1.82) is 0 Å². The molecule has 0 aliphatic rings. The summed E-state index contributed by atoms with van der Waals surface area (Å²) in [6.45, 7) is 16.9. The molecule has 2 N–H and O–H groups in total. The van der Waals surface area contributed by atoms with Gasteiger partial charge in [0.2, 0.25) is 0 Å². The number of hydrogen-bond donors (Lipinski definition) is 2. The average molecular weight is 442 g/mol. The molecular formula is C17H39IN4O. The van der Waals surface area contributed by atoms with E-state index in [-0.39, 0.29) is 24.0 Å². The van der Waals surface area contributed by atoms with Gasteiger partial charge < -0.3 is 15.4 Å². The summed E-state index contributed by atoms with van der Waals surface area (Å²) in [5, 5.41) is 6.70. The minimum absolute atomic E-state index is 0. The van der Waals surface area contributed by atoms with Crippen molar-refractivity contribution in [2.75, 3.05) is 33.3 Å². The summed E-state index contributed by atoms with van der Waals surface area (Å²) in [5.74, 6) is 0.880. The van der Waals surface area contributed by atoms with Crippen molar-refractivity contribution in [3.05, 3.63) is 0 Å². The van der Waals surface area contributed by atoms with Crippen molar-refractivity contribution >= 4 is 29.9 Å². The lowest BCUT2D eigenvalue weighted by Crippen LogP contribution is -2.41. The number of ether oxygens (including phenoxy) is 1. The zero-order valence-corrected chi connectivity index (χ0v) is 18.5. The van der Waals surface area contributed by atoms with Crippen LogP contribution in [0, 0.1) is 0 Å². The monoisotopic (exact) mass is 442 g/mol. The molecule has 0 spiro atoms. The van der Waals surface area contributed by atoms with E-state index in [1.165, 1.54) is 0 Å². The van der Waals surface area contributed by atoms with Crippen LogP contribution in [0.1, 0.15) is 54.4 Å². The third-order valence-corrected chi connectivity index (χ3v) is 3.50. The minimum Gasteiger partial charge on any atom is -0.379 e. The van der Waals surface area contributed by atoms with E-state index in [0.29, 0.717) is 18.2 Å². The average Bonchev–Trinajstić information content (AvgIpc) is 2.43. The Bertz CT molecular complexity index is 288. The summed E-state index contributed by atoms with van der Waals surface area (Å²) in [6.07, 6.45) is 2.42. The summed E-state index contributed by atoms with van der Waals surface area (Å²) in [5.41, 5.74) is 0. The van der Waals surface area contributed by atoms with E-state index in [4.69, 9.17) is 4.74 Å². The third kappa shape index (κ3) is 14.0. The van der Waals surface area contributed by atoms with Gasteiger partial charge in [-0.25, -0.2) is 0 Å². The fourth-order valence-electron chi connectivity index (χ4n) is 2.40. The quantitative estimate of drug-likeness (QED) is 0.224. The van der Waals surface area contributed by atoms with Crippen molar-refractivity contribution in [1.82, 2.24) is 15.5 Å². The molecule has 5 nitrogen and oxygen atoms in total. The van der Waals surface area contributed by atoms with Gasteiger partial charge in [0, 0.05) is 45.4 Å². The van der Waals surface area contributed by atoms with Crippen LogP contribution in [0.3, 0.4) is 0 Å². The van der Waals surface area contributed by atoms with Crippen LogP contribution in [-0.4, -0.2) is 62.3 Å². The van der Waals surface area contributed by atoms with Crippen LogP contribution >= 0.6 is 24.0 Å². The van der Waals surface area contributed by atoms with Crippen LogP contribution in [0.25, 0.3) is 0 Å². The number of guanidine groups is 1. The van der Waals surface area contributed by atoms with Gasteiger partial charge in [-0.15, -0.1) is 24.0 Å². The molecule has 0 unspecified atom stereocenters. The molecule has 6 heteroatoms. The molecule has 0 aromatic heterocycles. The van der Waals surface area contributed by atoms with Crippen LogP contribution in [0.15, 0.2) is 4.99 Å². The first kappa shape index (κ1) is 25.2. The molecule has 0 amide bonds. The highest BCUT2D eigenvalue weighted by atomic mass is 127. The summed E-state index contributed by atoms with van der Waals surface area (Å²) in [6, 6.07) is 1.19. The number of aliphatic imine (C=N–C) groups is 1. The third-order valence-electron chi connectivity index (χ3n) is 3.50. The molecule has 23 heavy (non-hydrogen) atoms. The molecule has 0 saturated carbocycles. The maximum atomic E-state index is 5.52. The summed E-state index contributed by atoms with van der Waals surface area (Å²) in [7, 11) is 1.81. The van der Waals surface area contributed by atoms with Crippen molar-refractivity contribution in [3.8, 4) is 0 Å². The molecule has 0 radical (unpaired) electrons. The first-order chi connectivity index (χ1) is 10.4. The number of halogens is 1. The Morgan fingerprint density at radius 3 is 1.91 bits per heavy atom. The lowest BCUT2D eigenvalue weighted by molar-refractivity contribution is 0.0776. The minimum atomic E-state index is 0. The fraction of sp³-hybridized carbons (Fsp3) is 0.941. The van der Waals surface area contributed by atoms with E-state index < -0.39 is 0 Å². The molecule has 0 fully saturated rings. The van der Waals surface area contributed by atoms with E-state index in [2.05, 4.69) is 62.1 Å². The highest BCUT2D eigenvalue weighted by molar-refractivity contribution is 14.0. The molecule has 0 aliphatic heterocycles. The highest BCUT2D eigenvalue weighted by Crippen LogP contribution is 2.05. The summed E-state index contributed by atoms with van der Waals surface area (Å²) < 4.78 is 5.52. The lowest BCUT2D eigenvalue weighted by Gasteiger charge is -2.30. The molecule has 140 valence electrons. The number of rotatable bonds is 11. The lowest BCUT2D eigenvalue weighted by atomic mass is 10.2. The Morgan fingerprint density at radius 2 is 1.48 bits per heavy atom. The smallest absolute Gasteiger partial charge is 0.190 e.